The zero-order valence-corrected chi connectivity index (χ0v) is 13.4. The Labute approximate surface area is 141 Å². The maximum Gasteiger partial charge on any atom is 0.522 e. The predicted molar refractivity (Wildman–Crippen MR) is 82.1 cm³/mol. The summed E-state index contributed by atoms with van der Waals surface area (Å²) in [5.41, 5.74) is 0.665. The zero-order valence-electron chi connectivity index (χ0n) is 12.7. The highest BCUT2D eigenvalue weighted by Gasteiger charge is 2.31. The standard InChI is InChI=1S/C15H16ClF3N4O/c16-11-1-3-12(4-2-11)23-13(9-24-15(17,18)19)21-22-14(23)10-5-7-20-8-6-10/h1-4,10,20H,5-9H2. The topological polar surface area (TPSA) is 52.0 Å². The van der Waals surface area contributed by atoms with E-state index in [0.717, 1.165) is 25.9 Å². The van der Waals surface area contributed by atoms with Gasteiger partial charge in [0.25, 0.3) is 0 Å². The average Bonchev–Trinajstić information content (AvgIpc) is 2.98. The van der Waals surface area contributed by atoms with Gasteiger partial charge in [-0.3, -0.25) is 9.30 Å². The van der Waals surface area contributed by atoms with Crippen molar-refractivity contribution < 1.29 is 17.9 Å². The molecule has 1 aromatic carbocycles. The highest BCUT2D eigenvalue weighted by atomic mass is 35.5. The minimum Gasteiger partial charge on any atom is -0.317 e. The van der Waals surface area contributed by atoms with Gasteiger partial charge in [-0.15, -0.1) is 23.4 Å². The van der Waals surface area contributed by atoms with Crippen LogP contribution in [-0.2, 0) is 11.3 Å². The average molecular weight is 361 g/mol. The molecule has 1 saturated heterocycles. The molecule has 1 aliphatic rings. The summed E-state index contributed by atoms with van der Waals surface area (Å²) in [6.07, 6.45) is -3.01. The van der Waals surface area contributed by atoms with Crippen LogP contribution in [0, 0.1) is 0 Å². The second-order valence-corrected chi connectivity index (χ2v) is 5.98. The number of piperidine rings is 1. The summed E-state index contributed by atoms with van der Waals surface area (Å²) < 4.78 is 42.7. The third-order valence-electron chi connectivity index (χ3n) is 3.91. The number of rotatable bonds is 4. The Morgan fingerprint density at radius 1 is 1.17 bits per heavy atom. The van der Waals surface area contributed by atoms with E-state index in [1.165, 1.54) is 0 Å². The number of benzene rings is 1. The van der Waals surface area contributed by atoms with Gasteiger partial charge in [-0.2, -0.15) is 0 Å². The van der Waals surface area contributed by atoms with Crippen molar-refractivity contribution >= 4 is 11.6 Å². The van der Waals surface area contributed by atoms with E-state index >= 15 is 0 Å². The van der Waals surface area contributed by atoms with Crippen LogP contribution in [0.2, 0.25) is 5.02 Å². The second kappa shape index (κ2) is 7.08. The van der Waals surface area contributed by atoms with Crippen molar-refractivity contribution in [2.75, 3.05) is 13.1 Å². The number of hydrogen-bond donors (Lipinski definition) is 1. The largest absolute Gasteiger partial charge is 0.522 e. The van der Waals surface area contributed by atoms with Crippen molar-refractivity contribution in [1.82, 2.24) is 20.1 Å². The molecule has 0 saturated carbocycles. The molecule has 9 heteroatoms. The molecule has 130 valence electrons. The summed E-state index contributed by atoms with van der Waals surface area (Å²) in [5.74, 6) is 0.900. The van der Waals surface area contributed by atoms with Crippen LogP contribution in [0.1, 0.15) is 30.4 Å². The number of nitrogens with one attached hydrogen (secondary N) is 1. The molecule has 0 spiro atoms. The molecule has 0 radical (unpaired) electrons. The summed E-state index contributed by atoms with van der Waals surface area (Å²) in [4.78, 5) is 0. The van der Waals surface area contributed by atoms with Gasteiger partial charge in [-0.05, 0) is 50.2 Å². The van der Waals surface area contributed by atoms with Gasteiger partial charge in [-0.1, -0.05) is 11.6 Å². The monoisotopic (exact) mass is 360 g/mol. The zero-order chi connectivity index (χ0) is 17.2. The van der Waals surface area contributed by atoms with Crippen LogP contribution in [-0.4, -0.2) is 34.2 Å². The lowest BCUT2D eigenvalue weighted by Gasteiger charge is -2.23. The summed E-state index contributed by atoms with van der Waals surface area (Å²) in [6.45, 7) is 0.989. The molecule has 2 aromatic rings. The summed E-state index contributed by atoms with van der Waals surface area (Å²) in [6, 6.07) is 6.82. The van der Waals surface area contributed by atoms with E-state index in [1.807, 2.05) is 0 Å². The predicted octanol–water partition coefficient (Wildman–Crippen LogP) is 3.42. The quantitative estimate of drug-likeness (QED) is 0.907. The summed E-state index contributed by atoms with van der Waals surface area (Å²) in [5, 5.41) is 11.9. The second-order valence-electron chi connectivity index (χ2n) is 5.54. The van der Waals surface area contributed by atoms with Crippen LogP contribution in [0.4, 0.5) is 13.2 Å². The first kappa shape index (κ1) is 17.2. The van der Waals surface area contributed by atoms with Crippen molar-refractivity contribution in [2.45, 2.75) is 31.7 Å². The molecule has 1 fully saturated rings. The van der Waals surface area contributed by atoms with E-state index < -0.39 is 13.0 Å². The first-order valence-corrected chi connectivity index (χ1v) is 7.93. The van der Waals surface area contributed by atoms with Crippen LogP contribution in [0.3, 0.4) is 0 Å². The molecule has 1 aromatic heterocycles. The molecule has 1 aliphatic heterocycles. The van der Waals surface area contributed by atoms with E-state index in [9.17, 15) is 13.2 Å². The van der Waals surface area contributed by atoms with Gasteiger partial charge in [-0.25, -0.2) is 0 Å². The van der Waals surface area contributed by atoms with E-state index in [0.29, 0.717) is 16.5 Å². The van der Waals surface area contributed by atoms with Gasteiger partial charge in [0.05, 0.1) is 0 Å². The molecule has 5 nitrogen and oxygen atoms in total. The van der Waals surface area contributed by atoms with E-state index in [2.05, 4.69) is 20.3 Å². The Morgan fingerprint density at radius 2 is 1.83 bits per heavy atom. The Hall–Kier alpha value is -1.64. The van der Waals surface area contributed by atoms with E-state index in [-0.39, 0.29) is 11.7 Å². The molecule has 0 atom stereocenters. The number of halogens is 4. The molecule has 0 unspecified atom stereocenters. The summed E-state index contributed by atoms with van der Waals surface area (Å²) in [7, 11) is 0. The van der Waals surface area contributed by atoms with E-state index in [1.54, 1.807) is 28.8 Å². The third kappa shape index (κ3) is 4.06. The van der Waals surface area contributed by atoms with Gasteiger partial charge in [0, 0.05) is 16.6 Å². The van der Waals surface area contributed by atoms with Crippen molar-refractivity contribution in [1.29, 1.82) is 0 Å². The Balaban J connectivity index is 1.96. The lowest BCUT2D eigenvalue weighted by Crippen LogP contribution is -2.28. The summed E-state index contributed by atoms with van der Waals surface area (Å²) >= 11 is 5.90. The normalized spacial score (nSPS) is 16.5. The molecule has 1 N–H and O–H groups in total. The fraction of sp³-hybridized carbons (Fsp3) is 0.467. The number of alkyl halides is 3. The van der Waals surface area contributed by atoms with Crippen LogP contribution < -0.4 is 5.32 Å². The maximum atomic E-state index is 12.4. The van der Waals surface area contributed by atoms with Gasteiger partial charge in [0.1, 0.15) is 12.4 Å². The molecule has 3 rings (SSSR count). The van der Waals surface area contributed by atoms with Gasteiger partial charge in [0.2, 0.25) is 0 Å². The Morgan fingerprint density at radius 3 is 2.46 bits per heavy atom. The molecule has 24 heavy (non-hydrogen) atoms. The third-order valence-corrected chi connectivity index (χ3v) is 4.16. The first-order valence-electron chi connectivity index (χ1n) is 7.55. The molecule has 0 aliphatic carbocycles. The minimum absolute atomic E-state index is 0.114. The molecular formula is C15H16ClF3N4O. The van der Waals surface area contributed by atoms with Crippen molar-refractivity contribution in [3.8, 4) is 5.69 Å². The van der Waals surface area contributed by atoms with Crippen molar-refractivity contribution in [3.63, 3.8) is 0 Å². The fourth-order valence-corrected chi connectivity index (χ4v) is 2.91. The number of hydrogen-bond acceptors (Lipinski definition) is 4. The van der Waals surface area contributed by atoms with Crippen LogP contribution in [0.15, 0.2) is 24.3 Å². The van der Waals surface area contributed by atoms with Crippen molar-refractivity contribution in [2.24, 2.45) is 0 Å². The van der Waals surface area contributed by atoms with Gasteiger partial charge < -0.3 is 5.32 Å². The number of ether oxygens (including phenoxy) is 1. The molecule has 0 bridgehead atoms. The molecule has 0 amide bonds. The van der Waals surface area contributed by atoms with Gasteiger partial charge in [0.15, 0.2) is 5.82 Å². The lowest BCUT2D eigenvalue weighted by atomic mass is 9.97. The van der Waals surface area contributed by atoms with Gasteiger partial charge >= 0.3 is 6.36 Å². The van der Waals surface area contributed by atoms with E-state index in [4.69, 9.17) is 11.6 Å². The first-order chi connectivity index (χ1) is 11.4. The number of nitrogens with zero attached hydrogens (tertiary/aromatic N) is 3. The SMILES string of the molecule is FC(F)(F)OCc1nnc(C2CCNCC2)n1-c1ccc(Cl)cc1. The number of aromatic nitrogens is 3. The van der Waals surface area contributed by atoms with Crippen LogP contribution in [0.5, 0.6) is 0 Å². The smallest absolute Gasteiger partial charge is 0.317 e. The Kier molecular flexibility index (Phi) is 5.07. The van der Waals surface area contributed by atoms with Crippen molar-refractivity contribution in [3.05, 3.63) is 40.9 Å². The fourth-order valence-electron chi connectivity index (χ4n) is 2.79. The highest BCUT2D eigenvalue weighted by molar-refractivity contribution is 6.30. The maximum absolute atomic E-state index is 12.4. The van der Waals surface area contributed by atoms with Crippen LogP contribution >= 0.6 is 11.6 Å². The molecular weight excluding hydrogens is 345 g/mol. The molecule has 2 heterocycles. The Bertz CT molecular complexity index is 681. The highest BCUT2D eigenvalue weighted by Crippen LogP contribution is 2.28. The minimum atomic E-state index is -4.72. The lowest BCUT2D eigenvalue weighted by molar-refractivity contribution is -0.331. The van der Waals surface area contributed by atoms with Crippen LogP contribution in [0.25, 0.3) is 5.69 Å².